The molecule has 6 fully saturated rings. The lowest BCUT2D eigenvalue weighted by molar-refractivity contribution is -0.206. The third kappa shape index (κ3) is 1.09. The van der Waals surface area contributed by atoms with Crippen LogP contribution in [0, 0.1) is 53.3 Å². The second kappa shape index (κ2) is 3.68. The summed E-state index contributed by atoms with van der Waals surface area (Å²) in [5.41, 5.74) is 0.591. The first-order chi connectivity index (χ1) is 11.3. The smallest absolute Gasteiger partial charge is 0.161 e. The molecule has 1 saturated heterocycles. The number of rotatable bonds is 2. The van der Waals surface area contributed by atoms with E-state index >= 15 is 0 Å². The second-order valence-corrected chi connectivity index (χ2v) is 8.80. The first-order valence-corrected chi connectivity index (χ1v) is 9.33. The van der Waals surface area contributed by atoms with E-state index in [1.165, 1.54) is 12.0 Å². The number of fused-ring (bicyclic) bond motifs is 2. The molecule has 10 atom stereocenters. The molecule has 0 radical (unpaired) electrons. The lowest BCUT2D eigenvalue weighted by atomic mass is 9.52. The highest BCUT2D eigenvalue weighted by Gasteiger charge is 2.88. The summed E-state index contributed by atoms with van der Waals surface area (Å²) in [6, 6.07) is 10.5. The van der Waals surface area contributed by atoms with E-state index < -0.39 is 5.60 Å². The van der Waals surface area contributed by atoms with Crippen molar-refractivity contribution >= 4 is 0 Å². The molecular formula is C20H22O3. The van der Waals surface area contributed by atoms with Crippen LogP contribution in [0.1, 0.15) is 12.0 Å². The summed E-state index contributed by atoms with van der Waals surface area (Å²) in [5.74, 6) is 5.94. The van der Waals surface area contributed by atoms with E-state index in [-0.39, 0.29) is 6.29 Å². The van der Waals surface area contributed by atoms with Crippen LogP contribution in [0.3, 0.4) is 0 Å². The van der Waals surface area contributed by atoms with Crippen LogP contribution in [-0.4, -0.2) is 24.6 Å². The monoisotopic (exact) mass is 310 g/mol. The molecule has 2 bridgehead atoms. The molecule has 0 spiro atoms. The molecule has 120 valence electrons. The molecular weight excluding hydrogens is 288 g/mol. The Bertz CT molecular complexity index is 683. The highest BCUT2D eigenvalue weighted by Crippen LogP contribution is 2.88. The Morgan fingerprint density at radius 2 is 1.57 bits per heavy atom. The SMILES string of the molecule is O[C@@]1(c2ccccc2)[C@@H]2[C@@H]3[C@@H]4C[C@H]5[C@H]3[C@H]2[C@@H](C2OCCO2)[C@@H]5[C@@H]41. The summed E-state index contributed by atoms with van der Waals surface area (Å²) in [7, 11) is 0. The van der Waals surface area contributed by atoms with Gasteiger partial charge in [-0.1, -0.05) is 30.3 Å². The molecule has 0 aromatic heterocycles. The normalized spacial score (nSPS) is 60.8. The summed E-state index contributed by atoms with van der Waals surface area (Å²) in [5, 5.41) is 11.9. The van der Waals surface area contributed by atoms with Gasteiger partial charge in [-0.15, -0.1) is 0 Å². The van der Waals surface area contributed by atoms with E-state index in [1.54, 1.807) is 0 Å². The van der Waals surface area contributed by atoms with Crippen LogP contribution in [0.2, 0.25) is 0 Å². The molecule has 1 N–H and O–H groups in total. The van der Waals surface area contributed by atoms with Gasteiger partial charge in [0, 0.05) is 5.92 Å². The molecule has 0 unspecified atom stereocenters. The van der Waals surface area contributed by atoms with E-state index in [0.29, 0.717) is 29.6 Å². The van der Waals surface area contributed by atoms with Gasteiger partial charge in [-0.25, -0.2) is 0 Å². The largest absolute Gasteiger partial charge is 0.385 e. The van der Waals surface area contributed by atoms with Crippen molar-refractivity contribution in [3.63, 3.8) is 0 Å². The average molecular weight is 310 g/mol. The molecule has 5 aliphatic carbocycles. The van der Waals surface area contributed by atoms with Gasteiger partial charge in [0.25, 0.3) is 0 Å². The maximum atomic E-state index is 11.9. The third-order valence-corrected chi connectivity index (χ3v) is 8.72. The topological polar surface area (TPSA) is 38.7 Å². The Morgan fingerprint density at radius 1 is 0.826 bits per heavy atom. The predicted molar refractivity (Wildman–Crippen MR) is 82.1 cm³/mol. The minimum absolute atomic E-state index is 0.0145. The lowest BCUT2D eigenvalue weighted by Crippen LogP contribution is -2.57. The van der Waals surface area contributed by atoms with Gasteiger partial charge in [0.15, 0.2) is 6.29 Å². The van der Waals surface area contributed by atoms with Crippen LogP contribution in [0.25, 0.3) is 0 Å². The van der Waals surface area contributed by atoms with Gasteiger partial charge < -0.3 is 14.6 Å². The van der Waals surface area contributed by atoms with E-state index in [2.05, 4.69) is 30.3 Å². The van der Waals surface area contributed by atoms with Crippen molar-refractivity contribution in [1.29, 1.82) is 0 Å². The summed E-state index contributed by atoms with van der Waals surface area (Å²) in [6.07, 6.45) is 1.37. The Labute approximate surface area is 136 Å². The summed E-state index contributed by atoms with van der Waals surface area (Å²) in [6.45, 7) is 1.50. The van der Waals surface area contributed by atoms with Gasteiger partial charge >= 0.3 is 0 Å². The molecule has 6 aliphatic rings. The van der Waals surface area contributed by atoms with Crippen molar-refractivity contribution in [3.05, 3.63) is 35.9 Å². The predicted octanol–water partition coefficient (Wildman–Crippen LogP) is 2.25. The van der Waals surface area contributed by atoms with E-state index in [9.17, 15) is 5.11 Å². The van der Waals surface area contributed by atoms with Crippen molar-refractivity contribution in [3.8, 4) is 0 Å². The Balaban J connectivity index is 1.39. The van der Waals surface area contributed by atoms with E-state index in [1.807, 2.05) is 0 Å². The van der Waals surface area contributed by atoms with Gasteiger partial charge in [0.1, 0.15) is 0 Å². The van der Waals surface area contributed by atoms with Crippen molar-refractivity contribution in [2.45, 2.75) is 18.3 Å². The maximum Gasteiger partial charge on any atom is 0.161 e. The van der Waals surface area contributed by atoms with Crippen LogP contribution in [0.5, 0.6) is 0 Å². The Hall–Kier alpha value is -0.900. The zero-order chi connectivity index (χ0) is 14.9. The number of hydrogen-bond acceptors (Lipinski definition) is 3. The molecule has 1 aromatic carbocycles. The molecule has 5 saturated carbocycles. The standard InChI is InChI=1S/C20H22O3/c21-20(9-4-2-1-3-5-9)17-11-8-10-12-14(11)18(20)15(12)16(13(10)17)19-22-6-7-23-19/h1-5,10-19,21H,6-8H2/t10-,11-,12+,13+,14+,15-,16-,17+,18+,20+/m0/s1. The highest BCUT2D eigenvalue weighted by atomic mass is 16.7. The summed E-state index contributed by atoms with van der Waals surface area (Å²) in [4.78, 5) is 0. The Kier molecular flexibility index (Phi) is 2.00. The summed E-state index contributed by atoms with van der Waals surface area (Å²) < 4.78 is 11.9. The van der Waals surface area contributed by atoms with Crippen molar-refractivity contribution in [2.24, 2.45) is 53.3 Å². The molecule has 1 aliphatic heterocycles. The average Bonchev–Trinajstić information content (AvgIpc) is 3.25. The fourth-order valence-corrected chi connectivity index (χ4v) is 8.71. The maximum absolute atomic E-state index is 11.9. The number of benzene rings is 1. The van der Waals surface area contributed by atoms with E-state index in [4.69, 9.17) is 9.47 Å². The molecule has 1 aromatic rings. The third-order valence-electron chi connectivity index (χ3n) is 8.72. The molecule has 3 nitrogen and oxygen atoms in total. The molecule has 3 heteroatoms. The lowest BCUT2D eigenvalue weighted by Gasteiger charge is -2.55. The fraction of sp³-hybridized carbons (Fsp3) is 0.700. The summed E-state index contributed by atoms with van der Waals surface area (Å²) >= 11 is 0. The van der Waals surface area contributed by atoms with Crippen LogP contribution < -0.4 is 0 Å². The minimum atomic E-state index is -0.581. The van der Waals surface area contributed by atoms with Gasteiger partial charge in [-0.3, -0.25) is 0 Å². The highest BCUT2D eigenvalue weighted by molar-refractivity contribution is 5.40. The van der Waals surface area contributed by atoms with Crippen LogP contribution >= 0.6 is 0 Å². The van der Waals surface area contributed by atoms with Crippen molar-refractivity contribution in [1.82, 2.24) is 0 Å². The minimum Gasteiger partial charge on any atom is -0.385 e. The van der Waals surface area contributed by atoms with Gasteiger partial charge in [0.05, 0.1) is 18.8 Å². The first-order valence-electron chi connectivity index (χ1n) is 9.33. The van der Waals surface area contributed by atoms with Crippen LogP contribution in [0.4, 0.5) is 0 Å². The zero-order valence-corrected chi connectivity index (χ0v) is 13.0. The fourth-order valence-electron chi connectivity index (χ4n) is 8.71. The van der Waals surface area contributed by atoms with Gasteiger partial charge in [-0.2, -0.15) is 0 Å². The second-order valence-electron chi connectivity index (χ2n) is 8.80. The van der Waals surface area contributed by atoms with Crippen LogP contribution in [-0.2, 0) is 15.1 Å². The van der Waals surface area contributed by atoms with Gasteiger partial charge in [-0.05, 0) is 59.3 Å². The number of aliphatic hydroxyl groups is 1. The Morgan fingerprint density at radius 3 is 2.35 bits per heavy atom. The first kappa shape index (κ1) is 12.5. The van der Waals surface area contributed by atoms with Crippen molar-refractivity contribution in [2.75, 3.05) is 13.2 Å². The zero-order valence-electron chi connectivity index (χ0n) is 13.0. The molecule has 0 amide bonds. The number of ether oxygens (including phenoxy) is 2. The van der Waals surface area contributed by atoms with Gasteiger partial charge in [0.2, 0.25) is 0 Å². The van der Waals surface area contributed by atoms with Crippen LogP contribution in [0.15, 0.2) is 30.3 Å². The van der Waals surface area contributed by atoms with E-state index in [0.717, 1.165) is 36.9 Å². The number of hydrogen-bond donors (Lipinski definition) is 1. The molecule has 7 rings (SSSR count). The molecule has 23 heavy (non-hydrogen) atoms. The van der Waals surface area contributed by atoms with Crippen molar-refractivity contribution < 1.29 is 14.6 Å². The quantitative estimate of drug-likeness (QED) is 0.910. The molecule has 1 heterocycles.